The summed E-state index contributed by atoms with van der Waals surface area (Å²) in [5.74, 6) is -1.17. The summed E-state index contributed by atoms with van der Waals surface area (Å²) < 4.78 is 1.77. The zero-order valence-corrected chi connectivity index (χ0v) is 13.8. The first kappa shape index (κ1) is 16.2. The lowest BCUT2D eigenvalue weighted by Crippen LogP contribution is -2.46. The summed E-state index contributed by atoms with van der Waals surface area (Å²) in [6.45, 7) is 4.32. The van der Waals surface area contributed by atoms with Crippen LogP contribution in [0.1, 0.15) is 35.8 Å². The second-order valence-corrected chi connectivity index (χ2v) is 6.36. The summed E-state index contributed by atoms with van der Waals surface area (Å²) in [6.07, 6.45) is 2.90. The van der Waals surface area contributed by atoms with E-state index in [2.05, 4.69) is 5.10 Å². The van der Waals surface area contributed by atoms with Crippen LogP contribution < -0.4 is 0 Å². The van der Waals surface area contributed by atoms with Crippen LogP contribution in [-0.2, 0) is 4.79 Å². The number of benzene rings is 1. The van der Waals surface area contributed by atoms with Crippen LogP contribution in [0.15, 0.2) is 36.5 Å². The van der Waals surface area contributed by atoms with Gasteiger partial charge in [0.1, 0.15) is 0 Å². The lowest BCUT2D eigenvalue weighted by atomic mass is 9.91. The SMILES string of the molecule is Cc1ccn(-c2ccc(C(=O)N3CC[C@@H](C(=O)O)C[C@H]3C)cc2)n1. The van der Waals surface area contributed by atoms with Crippen LogP contribution in [0.3, 0.4) is 0 Å². The van der Waals surface area contributed by atoms with Gasteiger partial charge < -0.3 is 10.0 Å². The minimum Gasteiger partial charge on any atom is -0.481 e. The highest BCUT2D eigenvalue weighted by Gasteiger charge is 2.32. The predicted octanol–water partition coefficient (Wildman–Crippen LogP) is 2.51. The van der Waals surface area contributed by atoms with Gasteiger partial charge in [0.2, 0.25) is 0 Å². The van der Waals surface area contributed by atoms with Crippen LogP contribution in [0.4, 0.5) is 0 Å². The second kappa shape index (κ2) is 6.47. The number of aliphatic carboxylic acids is 1. The molecule has 1 N–H and O–H groups in total. The van der Waals surface area contributed by atoms with E-state index in [1.807, 2.05) is 38.2 Å². The fraction of sp³-hybridized carbons (Fsp3) is 0.389. The van der Waals surface area contributed by atoms with E-state index < -0.39 is 5.97 Å². The number of carbonyl (C=O) groups excluding carboxylic acids is 1. The average molecular weight is 327 g/mol. The normalized spacial score (nSPS) is 20.8. The highest BCUT2D eigenvalue weighted by atomic mass is 16.4. The van der Waals surface area contributed by atoms with Crippen molar-refractivity contribution < 1.29 is 14.7 Å². The maximum Gasteiger partial charge on any atom is 0.306 e. The molecule has 0 aliphatic carbocycles. The van der Waals surface area contributed by atoms with Gasteiger partial charge in [-0.25, -0.2) is 4.68 Å². The van der Waals surface area contributed by atoms with Gasteiger partial charge in [0.25, 0.3) is 5.91 Å². The topological polar surface area (TPSA) is 75.4 Å². The number of nitrogens with zero attached hydrogens (tertiary/aromatic N) is 3. The van der Waals surface area contributed by atoms with E-state index in [1.165, 1.54) is 0 Å². The number of hydrogen-bond acceptors (Lipinski definition) is 3. The molecule has 126 valence electrons. The summed E-state index contributed by atoms with van der Waals surface area (Å²) in [5.41, 5.74) is 2.45. The van der Waals surface area contributed by atoms with Crippen molar-refractivity contribution in [1.82, 2.24) is 14.7 Å². The van der Waals surface area contributed by atoms with Gasteiger partial charge in [0.05, 0.1) is 17.3 Å². The molecule has 3 rings (SSSR count). The van der Waals surface area contributed by atoms with E-state index in [4.69, 9.17) is 5.11 Å². The molecule has 6 nitrogen and oxygen atoms in total. The molecule has 1 aromatic heterocycles. The number of amides is 1. The quantitative estimate of drug-likeness (QED) is 0.940. The molecule has 2 aromatic rings. The number of hydrogen-bond donors (Lipinski definition) is 1. The molecule has 1 amide bonds. The van der Waals surface area contributed by atoms with E-state index in [0.717, 1.165) is 11.4 Å². The third kappa shape index (κ3) is 3.18. The van der Waals surface area contributed by atoms with E-state index in [-0.39, 0.29) is 17.9 Å². The van der Waals surface area contributed by atoms with E-state index >= 15 is 0 Å². The van der Waals surface area contributed by atoms with Crippen molar-refractivity contribution in [3.63, 3.8) is 0 Å². The highest BCUT2D eigenvalue weighted by Crippen LogP contribution is 2.25. The fourth-order valence-electron chi connectivity index (χ4n) is 3.18. The Kier molecular flexibility index (Phi) is 4.38. The average Bonchev–Trinajstić information content (AvgIpc) is 3.00. The first-order valence-electron chi connectivity index (χ1n) is 8.12. The first-order chi connectivity index (χ1) is 11.5. The fourth-order valence-corrected chi connectivity index (χ4v) is 3.18. The maximum absolute atomic E-state index is 12.7. The molecule has 1 saturated heterocycles. The number of aryl methyl sites for hydroxylation is 1. The smallest absolute Gasteiger partial charge is 0.306 e. The molecule has 0 unspecified atom stereocenters. The molecule has 0 saturated carbocycles. The zero-order chi connectivity index (χ0) is 17.3. The number of carboxylic acids is 1. The standard InChI is InChI=1S/C18H21N3O3/c1-12-7-10-21(19-12)16-5-3-14(4-6-16)17(22)20-9-8-15(18(23)24)11-13(20)2/h3-7,10,13,15H,8-9,11H2,1-2H3,(H,23,24)/t13-,15-/m1/s1. The molecule has 0 radical (unpaired) electrons. The van der Waals surface area contributed by atoms with Crippen molar-refractivity contribution >= 4 is 11.9 Å². The number of carboxylic acid groups (broad SMARTS) is 1. The molecular formula is C18H21N3O3. The van der Waals surface area contributed by atoms with E-state index in [1.54, 1.807) is 21.7 Å². The van der Waals surface area contributed by atoms with Gasteiger partial charge in [-0.1, -0.05) is 0 Å². The van der Waals surface area contributed by atoms with E-state index in [9.17, 15) is 9.59 Å². The first-order valence-corrected chi connectivity index (χ1v) is 8.12. The maximum atomic E-state index is 12.7. The second-order valence-electron chi connectivity index (χ2n) is 6.36. The number of piperidine rings is 1. The Morgan fingerprint density at radius 3 is 2.46 bits per heavy atom. The minimum absolute atomic E-state index is 0.0467. The summed E-state index contributed by atoms with van der Waals surface area (Å²) in [6, 6.07) is 9.19. The summed E-state index contributed by atoms with van der Waals surface area (Å²) >= 11 is 0. The Morgan fingerprint density at radius 2 is 1.92 bits per heavy atom. The molecule has 2 atom stereocenters. The Hall–Kier alpha value is -2.63. The van der Waals surface area contributed by atoms with Crippen LogP contribution >= 0.6 is 0 Å². The van der Waals surface area contributed by atoms with Gasteiger partial charge in [0.15, 0.2) is 0 Å². The van der Waals surface area contributed by atoms with Crippen molar-refractivity contribution in [3.05, 3.63) is 47.8 Å². The van der Waals surface area contributed by atoms with Crippen LogP contribution in [0, 0.1) is 12.8 Å². The van der Waals surface area contributed by atoms with Crippen molar-refractivity contribution in [2.24, 2.45) is 5.92 Å². The molecular weight excluding hydrogens is 306 g/mol. The molecule has 0 spiro atoms. The largest absolute Gasteiger partial charge is 0.481 e. The van der Waals surface area contributed by atoms with Crippen LogP contribution in [0.25, 0.3) is 5.69 Å². The summed E-state index contributed by atoms with van der Waals surface area (Å²) in [5, 5.41) is 13.5. The van der Waals surface area contributed by atoms with Gasteiger partial charge in [-0.3, -0.25) is 9.59 Å². The van der Waals surface area contributed by atoms with Crippen molar-refractivity contribution in [3.8, 4) is 5.69 Å². The van der Waals surface area contributed by atoms with Crippen molar-refractivity contribution in [2.75, 3.05) is 6.54 Å². The lowest BCUT2D eigenvalue weighted by Gasteiger charge is -2.36. The Bertz CT molecular complexity index is 751. The summed E-state index contributed by atoms with van der Waals surface area (Å²) in [4.78, 5) is 25.6. The van der Waals surface area contributed by atoms with Crippen LogP contribution in [0.5, 0.6) is 0 Å². The molecule has 1 aliphatic rings. The van der Waals surface area contributed by atoms with Gasteiger partial charge >= 0.3 is 5.97 Å². The third-order valence-electron chi connectivity index (χ3n) is 4.59. The highest BCUT2D eigenvalue weighted by molar-refractivity contribution is 5.94. The zero-order valence-electron chi connectivity index (χ0n) is 13.8. The third-order valence-corrected chi connectivity index (χ3v) is 4.59. The molecule has 1 aliphatic heterocycles. The van der Waals surface area contributed by atoms with E-state index in [0.29, 0.717) is 24.9 Å². The number of likely N-dealkylation sites (tertiary alicyclic amines) is 1. The number of rotatable bonds is 3. The lowest BCUT2D eigenvalue weighted by molar-refractivity contribution is -0.143. The van der Waals surface area contributed by atoms with Crippen LogP contribution in [0.2, 0.25) is 0 Å². The predicted molar refractivity (Wildman–Crippen MR) is 89.2 cm³/mol. The van der Waals surface area contributed by atoms with Gasteiger partial charge in [-0.15, -0.1) is 0 Å². The Labute approximate surface area is 140 Å². The monoisotopic (exact) mass is 327 g/mol. The Morgan fingerprint density at radius 1 is 1.21 bits per heavy atom. The summed E-state index contributed by atoms with van der Waals surface area (Å²) in [7, 11) is 0. The van der Waals surface area contributed by atoms with Crippen molar-refractivity contribution in [2.45, 2.75) is 32.7 Å². The molecule has 1 aromatic carbocycles. The number of aromatic nitrogens is 2. The number of carbonyl (C=O) groups is 2. The molecule has 2 heterocycles. The molecule has 6 heteroatoms. The molecule has 1 fully saturated rings. The van der Waals surface area contributed by atoms with Crippen molar-refractivity contribution in [1.29, 1.82) is 0 Å². The Balaban J connectivity index is 1.72. The van der Waals surface area contributed by atoms with Crippen LogP contribution in [-0.4, -0.2) is 44.3 Å². The van der Waals surface area contributed by atoms with Gasteiger partial charge in [0, 0.05) is 24.3 Å². The molecule has 24 heavy (non-hydrogen) atoms. The van der Waals surface area contributed by atoms with Gasteiger partial charge in [-0.05, 0) is 57.0 Å². The minimum atomic E-state index is -0.771. The molecule has 0 bridgehead atoms. The van der Waals surface area contributed by atoms with Gasteiger partial charge in [-0.2, -0.15) is 5.10 Å².